The number of hydrogen-bond acceptors (Lipinski definition) is 4. The minimum absolute atomic E-state index is 0.0160. The third-order valence-electron chi connectivity index (χ3n) is 4.07. The number of nitrogens with zero attached hydrogens (tertiary/aromatic N) is 1. The number of benzene rings is 2. The highest BCUT2D eigenvalue weighted by atomic mass is 19.3. The van der Waals surface area contributed by atoms with Gasteiger partial charge in [-0.2, -0.15) is 8.78 Å². The van der Waals surface area contributed by atoms with E-state index in [1.807, 2.05) is 18.2 Å². The van der Waals surface area contributed by atoms with E-state index in [1.165, 1.54) is 12.1 Å². The minimum atomic E-state index is -2.85. The zero-order valence-electron chi connectivity index (χ0n) is 15.6. The van der Waals surface area contributed by atoms with Crippen LogP contribution in [0, 0.1) is 0 Å². The molecular formula is C20H23F2NO4. The lowest BCUT2D eigenvalue weighted by molar-refractivity contribution is -0.130. The molecule has 0 aliphatic carbocycles. The summed E-state index contributed by atoms with van der Waals surface area (Å²) in [5.74, 6) is 1.35. The third kappa shape index (κ3) is 6.13. The molecule has 0 bridgehead atoms. The summed E-state index contributed by atoms with van der Waals surface area (Å²) in [6, 6.07) is 11.8. The molecule has 0 atom stereocenters. The van der Waals surface area contributed by atoms with Crippen LogP contribution in [0.3, 0.4) is 0 Å². The van der Waals surface area contributed by atoms with Crippen LogP contribution in [0.5, 0.6) is 17.2 Å². The predicted octanol–water partition coefficient (Wildman–Crippen LogP) is 3.90. The first kappa shape index (κ1) is 20.5. The molecule has 2 rings (SSSR count). The van der Waals surface area contributed by atoms with Gasteiger partial charge in [0, 0.05) is 20.0 Å². The van der Waals surface area contributed by atoms with Crippen LogP contribution in [0.2, 0.25) is 0 Å². The molecule has 2 aromatic carbocycles. The number of methoxy groups -OCH3 is 2. The maximum atomic E-state index is 12.4. The molecule has 0 saturated carbocycles. The summed E-state index contributed by atoms with van der Waals surface area (Å²) < 4.78 is 39.1. The first-order valence-corrected chi connectivity index (χ1v) is 8.41. The van der Waals surface area contributed by atoms with E-state index < -0.39 is 6.61 Å². The van der Waals surface area contributed by atoms with Crippen molar-refractivity contribution in [1.82, 2.24) is 4.90 Å². The monoisotopic (exact) mass is 379 g/mol. The third-order valence-corrected chi connectivity index (χ3v) is 4.07. The van der Waals surface area contributed by atoms with Gasteiger partial charge in [0.15, 0.2) is 11.5 Å². The van der Waals surface area contributed by atoms with Crippen LogP contribution in [0.25, 0.3) is 0 Å². The molecular weight excluding hydrogens is 356 g/mol. The van der Waals surface area contributed by atoms with E-state index in [4.69, 9.17) is 9.47 Å². The van der Waals surface area contributed by atoms with Crippen LogP contribution in [-0.2, 0) is 17.8 Å². The lowest BCUT2D eigenvalue weighted by Gasteiger charge is -2.18. The lowest BCUT2D eigenvalue weighted by atomic mass is 10.1. The molecule has 0 saturated heterocycles. The van der Waals surface area contributed by atoms with Crippen LogP contribution >= 0.6 is 0 Å². The van der Waals surface area contributed by atoms with E-state index in [9.17, 15) is 13.6 Å². The summed E-state index contributed by atoms with van der Waals surface area (Å²) in [5.41, 5.74) is 1.81. The Kier molecular flexibility index (Phi) is 7.40. The van der Waals surface area contributed by atoms with Gasteiger partial charge in [-0.1, -0.05) is 18.2 Å². The largest absolute Gasteiger partial charge is 0.493 e. The summed E-state index contributed by atoms with van der Waals surface area (Å²) in [6.45, 7) is -2.46. The number of rotatable bonds is 9. The van der Waals surface area contributed by atoms with Crippen molar-refractivity contribution in [2.24, 2.45) is 0 Å². The second kappa shape index (κ2) is 9.75. The van der Waals surface area contributed by atoms with Gasteiger partial charge in [-0.3, -0.25) is 4.79 Å². The van der Waals surface area contributed by atoms with E-state index in [0.29, 0.717) is 30.9 Å². The van der Waals surface area contributed by atoms with Gasteiger partial charge < -0.3 is 19.1 Å². The molecule has 5 nitrogen and oxygen atoms in total. The van der Waals surface area contributed by atoms with Gasteiger partial charge in [-0.05, 0) is 41.8 Å². The maximum Gasteiger partial charge on any atom is 0.387 e. The topological polar surface area (TPSA) is 48.0 Å². The fraction of sp³-hybridized carbons (Fsp3) is 0.350. The average molecular weight is 379 g/mol. The molecule has 0 fully saturated rings. The Labute approximate surface area is 157 Å². The van der Waals surface area contributed by atoms with Crippen LogP contribution in [0.15, 0.2) is 42.5 Å². The Hall–Kier alpha value is -2.83. The van der Waals surface area contributed by atoms with Crippen molar-refractivity contribution in [1.29, 1.82) is 0 Å². The van der Waals surface area contributed by atoms with Crippen molar-refractivity contribution in [2.45, 2.75) is 26.0 Å². The molecule has 0 radical (unpaired) electrons. The SMILES string of the molecule is COc1ccc(CCC(=O)N(C)Cc2ccc(OC(F)F)cc2)cc1OC. The molecule has 146 valence electrons. The summed E-state index contributed by atoms with van der Waals surface area (Å²) >= 11 is 0. The molecule has 7 heteroatoms. The number of hydrogen-bond donors (Lipinski definition) is 0. The molecule has 0 unspecified atom stereocenters. The fourth-order valence-electron chi connectivity index (χ4n) is 2.62. The standard InChI is InChI=1S/C20H23F2NO4/c1-23(13-15-4-8-16(9-5-15)27-20(21)22)19(24)11-7-14-6-10-17(25-2)18(12-14)26-3/h4-6,8-10,12,20H,7,11,13H2,1-3H3. The van der Waals surface area contributed by atoms with Crippen LogP contribution in [0.4, 0.5) is 8.78 Å². The van der Waals surface area contributed by atoms with Crippen molar-refractivity contribution in [3.63, 3.8) is 0 Å². The van der Waals surface area contributed by atoms with Crippen LogP contribution in [-0.4, -0.2) is 38.7 Å². The van der Waals surface area contributed by atoms with E-state index in [-0.39, 0.29) is 11.7 Å². The van der Waals surface area contributed by atoms with E-state index >= 15 is 0 Å². The second-order valence-corrected chi connectivity index (χ2v) is 5.96. The quantitative estimate of drug-likeness (QED) is 0.663. The number of carbonyl (C=O) groups is 1. The molecule has 0 aromatic heterocycles. The summed E-state index contributed by atoms with van der Waals surface area (Å²) in [4.78, 5) is 14.0. The Morgan fingerprint density at radius 3 is 2.22 bits per heavy atom. The Morgan fingerprint density at radius 1 is 1.00 bits per heavy atom. The Balaban J connectivity index is 1.88. The van der Waals surface area contributed by atoms with Crippen molar-refractivity contribution in [2.75, 3.05) is 21.3 Å². The molecule has 1 amide bonds. The van der Waals surface area contributed by atoms with Crippen molar-refractivity contribution in [3.05, 3.63) is 53.6 Å². The summed E-state index contributed by atoms with van der Waals surface area (Å²) in [6.07, 6.45) is 0.920. The summed E-state index contributed by atoms with van der Waals surface area (Å²) in [5, 5.41) is 0. The van der Waals surface area contributed by atoms with E-state index in [0.717, 1.165) is 11.1 Å². The Bertz CT molecular complexity index is 750. The number of ether oxygens (including phenoxy) is 3. The molecule has 0 spiro atoms. The van der Waals surface area contributed by atoms with Gasteiger partial charge in [0.05, 0.1) is 14.2 Å². The Morgan fingerprint density at radius 2 is 1.63 bits per heavy atom. The van der Waals surface area contributed by atoms with Gasteiger partial charge >= 0.3 is 6.61 Å². The molecule has 27 heavy (non-hydrogen) atoms. The highest BCUT2D eigenvalue weighted by Crippen LogP contribution is 2.28. The smallest absolute Gasteiger partial charge is 0.387 e. The van der Waals surface area contributed by atoms with Gasteiger partial charge in [0.2, 0.25) is 5.91 Å². The lowest BCUT2D eigenvalue weighted by Crippen LogP contribution is -2.26. The van der Waals surface area contributed by atoms with Gasteiger partial charge in [-0.25, -0.2) is 0 Å². The number of amides is 1. The van der Waals surface area contributed by atoms with Gasteiger partial charge in [-0.15, -0.1) is 0 Å². The van der Waals surface area contributed by atoms with Crippen molar-refractivity contribution >= 4 is 5.91 Å². The molecule has 0 aliphatic heterocycles. The van der Waals surface area contributed by atoms with Crippen molar-refractivity contribution in [3.8, 4) is 17.2 Å². The fourth-order valence-corrected chi connectivity index (χ4v) is 2.62. The zero-order valence-corrected chi connectivity index (χ0v) is 15.6. The molecule has 0 N–H and O–H groups in total. The van der Waals surface area contributed by atoms with E-state index in [2.05, 4.69) is 4.74 Å². The highest BCUT2D eigenvalue weighted by molar-refractivity contribution is 5.76. The summed E-state index contributed by atoms with van der Waals surface area (Å²) in [7, 11) is 4.85. The zero-order chi connectivity index (χ0) is 19.8. The minimum Gasteiger partial charge on any atom is -0.493 e. The molecule has 0 heterocycles. The maximum absolute atomic E-state index is 12.4. The molecule has 0 aliphatic rings. The van der Waals surface area contributed by atoms with Crippen LogP contribution in [0.1, 0.15) is 17.5 Å². The number of carbonyl (C=O) groups excluding carboxylic acids is 1. The normalized spacial score (nSPS) is 10.6. The van der Waals surface area contributed by atoms with Crippen molar-refractivity contribution < 1.29 is 27.8 Å². The van der Waals surface area contributed by atoms with Gasteiger partial charge in [0.25, 0.3) is 0 Å². The number of halogens is 2. The number of aryl methyl sites for hydroxylation is 1. The first-order chi connectivity index (χ1) is 12.9. The first-order valence-electron chi connectivity index (χ1n) is 8.41. The molecule has 2 aromatic rings. The van der Waals surface area contributed by atoms with Crippen LogP contribution < -0.4 is 14.2 Å². The highest BCUT2D eigenvalue weighted by Gasteiger charge is 2.12. The number of alkyl halides is 2. The predicted molar refractivity (Wildman–Crippen MR) is 97.4 cm³/mol. The van der Waals surface area contributed by atoms with E-state index in [1.54, 1.807) is 38.3 Å². The second-order valence-electron chi connectivity index (χ2n) is 5.96. The average Bonchev–Trinajstić information content (AvgIpc) is 2.66. The van der Waals surface area contributed by atoms with Gasteiger partial charge in [0.1, 0.15) is 5.75 Å².